The number of halogens is 2. The summed E-state index contributed by atoms with van der Waals surface area (Å²) in [6.07, 6.45) is 9.71. The quantitative estimate of drug-likeness (QED) is 0.0299. The highest BCUT2D eigenvalue weighted by atomic mass is 32.2. The summed E-state index contributed by atoms with van der Waals surface area (Å²) < 4.78 is 65.2. The maximum atomic E-state index is 15.4. The molecule has 0 unspecified atom stereocenters. The van der Waals surface area contributed by atoms with Gasteiger partial charge >= 0.3 is 5.69 Å². The fourth-order valence-electron chi connectivity index (χ4n) is 9.97. The zero-order valence-corrected chi connectivity index (χ0v) is 38.6. The van der Waals surface area contributed by atoms with Crippen LogP contribution >= 0.6 is 0 Å². The van der Waals surface area contributed by atoms with Gasteiger partial charge in [-0.15, -0.1) is 0 Å². The first kappa shape index (κ1) is 46.8. The summed E-state index contributed by atoms with van der Waals surface area (Å²) in [6.45, 7) is 11.9. The zero-order valence-electron chi connectivity index (χ0n) is 37.8. The van der Waals surface area contributed by atoms with E-state index in [-0.39, 0.29) is 40.1 Å². The lowest BCUT2D eigenvalue weighted by Gasteiger charge is -2.57. The molecule has 3 aliphatic rings. The van der Waals surface area contributed by atoms with Crippen molar-refractivity contribution in [2.75, 3.05) is 42.9 Å². The number of carbonyl (C=O) groups is 1. The Morgan fingerprint density at radius 1 is 1.09 bits per heavy atom. The molecule has 3 atom stereocenters. The van der Waals surface area contributed by atoms with Crippen LogP contribution < -0.4 is 19.7 Å². The number of likely N-dealkylation sites (tertiary alicyclic amines) is 1. The number of H-pyrrole nitrogens is 1. The number of ether oxygens (including phenoxy) is 1. The smallest absolute Gasteiger partial charge is 0.312 e. The Morgan fingerprint density at radius 2 is 1.85 bits per heavy atom. The number of amides is 1. The lowest BCUT2D eigenvalue weighted by Crippen LogP contribution is -2.63. The van der Waals surface area contributed by atoms with Gasteiger partial charge in [-0.1, -0.05) is 51.5 Å². The van der Waals surface area contributed by atoms with Crippen molar-refractivity contribution in [2.24, 2.45) is 5.41 Å². The standard InChI is InChI=1S/C48H58F2N8O7S/c1-5-47(4,60)17-8-9-20-51-45-40(58(61)62)24-32(26-52-45)66(63,64)55-46(59)36-16-15-31(23-41(36)65-42-25-37-38(49)27-53-44(37)54-43(42)50)56-21-18-48(19-22-56)28-57(29-48)39-14-10-13-35(39)34-12-7-6-11-33(34)30(2)3/h6-7,11-12,15-16,23-27,30,35,39,60H,5,8-10,13-14,17-22,28-29H2,1-4H3,(H,51,52)(H,53,54)(H,55,59)/t35-,39-,47-/m1/s1. The number of benzene rings is 2. The van der Waals surface area contributed by atoms with Crippen molar-refractivity contribution in [3.63, 3.8) is 0 Å². The summed E-state index contributed by atoms with van der Waals surface area (Å²) >= 11 is 0. The normalized spacial score (nSPS) is 19.5. The van der Waals surface area contributed by atoms with Gasteiger partial charge in [-0.2, -0.15) is 9.37 Å². The van der Waals surface area contributed by atoms with E-state index in [9.17, 15) is 32.8 Å². The molecule has 1 saturated carbocycles. The summed E-state index contributed by atoms with van der Waals surface area (Å²) in [5.41, 5.74) is 1.95. The van der Waals surface area contributed by atoms with Crippen molar-refractivity contribution in [3.8, 4) is 11.5 Å². The molecule has 18 heteroatoms. The van der Waals surface area contributed by atoms with Crippen LogP contribution in [0.15, 0.2) is 71.9 Å². The number of hydrogen-bond donors (Lipinski definition) is 4. The molecule has 352 valence electrons. The fraction of sp³-hybridized carbons (Fsp3) is 0.479. The molecule has 3 fully saturated rings. The predicted octanol–water partition coefficient (Wildman–Crippen LogP) is 9.16. The number of fused-ring (bicyclic) bond motifs is 1. The van der Waals surface area contributed by atoms with Gasteiger partial charge in [0.2, 0.25) is 5.82 Å². The van der Waals surface area contributed by atoms with Gasteiger partial charge in [0.15, 0.2) is 5.75 Å². The number of hydrogen-bond acceptors (Lipinski definition) is 12. The topological polar surface area (TPSA) is 196 Å². The minimum atomic E-state index is -4.76. The van der Waals surface area contributed by atoms with Crippen molar-refractivity contribution >= 4 is 44.2 Å². The van der Waals surface area contributed by atoms with Gasteiger partial charge in [-0.25, -0.2) is 22.5 Å². The second-order valence-electron chi connectivity index (χ2n) is 18.8. The molecule has 1 aliphatic carbocycles. The van der Waals surface area contributed by atoms with E-state index in [1.165, 1.54) is 42.5 Å². The lowest BCUT2D eigenvalue weighted by molar-refractivity contribution is -0.384. The number of sulfonamides is 1. The monoisotopic (exact) mass is 928 g/mol. The highest BCUT2D eigenvalue weighted by molar-refractivity contribution is 7.90. The third-order valence-corrected chi connectivity index (χ3v) is 15.3. The first-order chi connectivity index (χ1) is 31.5. The molecule has 4 N–H and O–H groups in total. The van der Waals surface area contributed by atoms with E-state index in [1.54, 1.807) is 13.0 Å². The molecule has 2 aromatic carbocycles. The summed E-state index contributed by atoms with van der Waals surface area (Å²) in [7, 11) is -4.76. The van der Waals surface area contributed by atoms with Crippen molar-refractivity contribution in [1.82, 2.24) is 24.6 Å². The van der Waals surface area contributed by atoms with Gasteiger partial charge in [0, 0.05) is 62.8 Å². The van der Waals surface area contributed by atoms with E-state index >= 15 is 4.39 Å². The van der Waals surface area contributed by atoms with Crippen molar-refractivity contribution < 1.29 is 36.8 Å². The molecule has 5 aromatic rings. The third-order valence-electron chi connectivity index (χ3n) is 14.0. The number of aromatic nitrogens is 3. The van der Waals surface area contributed by atoms with Gasteiger partial charge in [-0.05, 0) is 105 Å². The fourth-order valence-corrected chi connectivity index (χ4v) is 10.9. The summed E-state index contributed by atoms with van der Waals surface area (Å²) in [4.78, 5) is 39.7. The van der Waals surface area contributed by atoms with Gasteiger partial charge in [0.05, 0.1) is 27.7 Å². The lowest BCUT2D eigenvalue weighted by atomic mass is 9.70. The zero-order chi connectivity index (χ0) is 47.0. The number of aromatic amines is 1. The highest BCUT2D eigenvalue weighted by Gasteiger charge is 2.49. The molecule has 3 aromatic heterocycles. The number of pyridine rings is 2. The van der Waals surface area contributed by atoms with Crippen molar-refractivity contribution in [1.29, 1.82) is 0 Å². The molecule has 0 radical (unpaired) electrons. The number of rotatable bonds is 17. The molecule has 1 amide bonds. The van der Waals surface area contributed by atoms with E-state index in [0.717, 1.165) is 50.5 Å². The van der Waals surface area contributed by atoms with E-state index in [0.29, 0.717) is 62.3 Å². The van der Waals surface area contributed by atoms with Crippen LogP contribution in [-0.2, 0) is 10.0 Å². The van der Waals surface area contributed by atoms with Gasteiger partial charge < -0.3 is 25.0 Å². The number of carbonyl (C=O) groups excluding carboxylic acids is 1. The number of anilines is 2. The van der Waals surface area contributed by atoms with Crippen LogP contribution in [0.1, 0.15) is 119 Å². The predicted molar refractivity (Wildman–Crippen MR) is 248 cm³/mol. The molecule has 1 spiro atoms. The Hall–Kier alpha value is -5.72. The van der Waals surface area contributed by atoms with Gasteiger partial charge in [0.25, 0.3) is 21.9 Å². The molecule has 0 bridgehead atoms. The second-order valence-corrected chi connectivity index (χ2v) is 20.5. The molecule has 5 heterocycles. The van der Waals surface area contributed by atoms with E-state index in [4.69, 9.17) is 4.74 Å². The minimum absolute atomic E-state index is 0.0547. The second kappa shape index (κ2) is 18.9. The Labute approximate surface area is 383 Å². The highest BCUT2D eigenvalue weighted by Crippen LogP contribution is 2.49. The summed E-state index contributed by atoms with van der Waals surface area (Å²) in [5, 5.41) is 25.1. The van der Waals surface area contributed by atoms with Crippen LogP contribution in [0.5, 0.6) is 11.5 Å². The summed E-state index contributed by atoms with van der Waals surface area (Å²) in [5.74, 6) is -2.85. The van der Waals surface area contributed by atoms with Crippen LogP contribution in [0.2, 0.25) is 0 Å². The van der Waals surface area contributed by atoms with E-state index in [1.807, 2.05) is 11.6 Å². The Bertz CT molecular complexity index is 2710. The molecular formula is C48H58F2N8O7S. The molecule has 2 saturated heterocycles. The maximum Gasteiger partial charge on any atom is 0.312 e. The van der Waals surface area contributed by atoms with Crippen LogP contribution in [0.25, 0.3) is 11.0 Å². The van der Waals surface area contributed by atoms with Crippen molar-refractivity contribution in [3.05, 3.63) is 106 Å². The largest absolute Gasteiger partial charge is 0.452 e. The molecule has 15 nitrogen and oxygen atoms in total. The van der Waals surface area contributed by atoms with E-state index < -0.39 is 54.6 Å². The first-order valence-corrected chi connectivity index (χ1v) is 24.4. The SMILES string of the molecule is CC[C@@](C)(O)CCCCNc1ncc(S(=O)(=O)NC(=O)c2ccc(N3CCC4(CC3)CN([C@@H]3CCC[C@@H]3c3ccccc3C(C)C)C4)cc2Oc2cc3c(F)c[nH]c3nc2F)cc1[N+](=O)[O-]. The summed E-state index contributed by atoms with van der Waals surface area (Å²) in [6, 6.07) is 15.9. The maximum absolute atomic E-state index is 15.4. The van der Waals surface area contributed by atoms with Gasteiger partial charge in [-0.3, -0.25) is 19.8 Å². The average molecular weight is 929 g/mol. The Balaban J connectivity index is 0.982. The van der Waals surface area contributed by atoms with E-state index in [2.05, 4.69) is 68.2 Å². The third kappa shape index (κ3) is 9.86. The Kier molecular flexibility index (Phi) is 13.4. The number of nitrogens with zero attached hydrogens (tertiary/aromatic N) is 5. The number of unbranched alkanes of at least 4 members (excludes halogenated alkanes) is 1. The first-order valence-electron chi connectivity index (χ1n) is 22.9. The van der Waals surface area contributed by atoms with Crippen LogP contribution in [0.3, 0.4) is 0 Å². The molecule has 66 heavy (non-hydrogen) atoms. The Morgan fingerprint density at radius 3 is 2.58 bits per heavy atom. The number of aliphatic hydroxyl groups is 1. The average Bonchev–Trinajstić information content (AvgIpc) is 3.91. The van der Waals surface area contributed by atoms with Gasteiger partial charge in [0.1, 0.15) is 22.1 Å². The van der Waals surface area contributed by atoms with Crippen LogP contribution in [0, 0.1) is 27.3 Å². The minimum Gasteiger partial charge on any atom is -0.452 e. The molecule has 8 rings (SSSR count). The number of nitro groups is 1. The molecular weight excluding hydrogens is 871 g/mol. The molecule has 2 aliphatic heterocycles. The van der Waals surface area contributed by atoms with Crippen LogP contribution in [0.4, 0.5) is 26.0 Å². The van der Waals surface area contributed by atoms with Crippen LogP contribution in [-0.4, -0.2) is 88.6 Å². The number of piperidine rings is 1. The number of nitrogens with one attached hydrogen (secondary N) is 3. The van der Waals surface area contributed by atoms with Crippen molar-refractivity contribution in [2.45, 2.75) is 114 Å².